The summed E-state index contributed by atoms with van der Waals surface area (Å²) in [6, 6.07) is 53.6. The standard InChI is InChI=1S/C54H51N/c1-51(2)27-28-52(3,4)46-32-39(25-26-44(46)51)55(47-20-11-9-15-40(47)35-13-6-5-7-14-35)38-23-21-36(22-24-38)41-17-12-19-45-50(41)42-16-8-10-18-43(42)54(45)48-30-34-29-37-31-49(54)53(37,48)33-34/h5-26,32,34,37,48-49H,27-31,33H2,1-4H3. The van der Waals surface area contributed by atoms with E-state index in [9.17, 15) is 0 Å². The largest absolute Gasteiger partial charge is 0.310 e. The number of hydrogen-bond donors (Lipinski definition) is 0. The van der Waals surface area contributed by atoms with Crippen LogP contribution in [0.25, 0.3) is 33.4 Å². The molecule has 0 amide bonds. The fourth-order valence-electron chi connectivity index (χ4n) is 14.1. The van der Waals surface area contributed by atoms with E-state index in [0.29, 0.717) is 5.41 Å². The minimum absolute atomic E-state index is 0.120. The monoisotopic (exact) mass is 713 g/mol. The van der Waals surface area contributed by atoms with Crippen molar-refractivity contribution in [2.75, 3.05) is 4.90 Å². The molecule has 0 radical (unpaired) electrons. The molecule has 1 nitrogen and oxygen atoms in total. The summed E-state index contributed by atoms with van der Waals surface area (Å²) in [6.07, 6.45) is 8.32. The molecule has 0 aromatic heterocycles. The van der Waals surface area contributed by atoms with E-state index in [4.69, 9.17) is 0 Å². The summed E-state index contributed by atoms with van der Waals surface area (Å²) in [5.41, 5.74) is 19.2. The van der Waals surface area contributed by atoms with Gasteiger partial charge in [-0.1, -0.05) is 137 Å². The van der Waals surface area contributed by atoms with Crippen LogP contribution in [0, 0.1) is 29.1 Å². The van der Waals surface area contributed by atoms with Crippen LogP contribution in [0.5, 0.6) is 0 Å². The number of fused-ring (bicyclic) bond motifs is 9. The van der Waals surface area contributed by atoms with E-state index in [0.717, 1.165) is 23.7 Å². The lowest BCUT2D eigenvalue weighted by Crippen LogP contribution is -2.73. The molecule has 12 rings (SSSR count). The maximum absolute atomic E-state index is 2.53. The topological polar surface area (TPSA) is 3.24 Å². The van der Waals surface area contributed by atoms with Crippen LogP contribution < -0.4 is 4.90 Å². The zero-order valence-corrected chi connectivity index (χ0v) is 32.8. The molecular formula is C54H51N. The van der Waals surface area contributed by atoms with E-state index in [1.54, 1.807) is 11.1 Å². The van der Waals surface area contributed by atoms with Crippen molar-refractivity contribution in [3.63, 3.8) is 0 Å². The Morgan fingerprint density at radius 1 is 0.491 bits per heavy atom. The fraction of sp³-hybridized carbons (Fsp3) is 0.333. The SMILES string of the molecule is CC1(C)CCC(C)(C)c2cc(N(c3ccc(-c4cccc5c4-c4ccccc4C54C5CC6CC7CC4C75C6)cc3)c3ccccc3-c3ccccc3)ccc21. The second-order valence-electron chi connectivity index (χ2n) is 19.6. The highest BCUT2D eigenvalue weighted by Crippen LogP contribution is 2.89. The van der Waals surface area contributed by atoms with E-state index in [2.05, 4.69) is 172 Å². The molecule has 0 saturated heterocycles. The Labute approximate surface area is 327 Å². The molecule has 6 aliphatic carbocycles. The molecule has 2 bridgehead atoms. The molecule has 0 aliphatic heterocycles. The lowest BCUT2D eigenvalue weighted by molar-refractivity contribution is -0.231. The Morgan fingerprint density at radius 2 is 1.13 bits per heavy atom. The van der Waals surface area contributed by atoms with Crippen LogP contribution in [0.15, 0.2) is 140 Å². The Bertz CT molecular complexity index is 2540. The smallest absolute Gasteiger partial charge is 0.0540 e. The second kappa shape index (κ2) is 10.9. The van der Waals surface area contributed by atoms with Gasteiger partial charge < -0.3 is 4.90 Å². The predicted octanol–water partition coefficient (Wildman–Crippen LogP) is 14.2. The highest BCUT2D eigenvalue weighted by atomic mass is 15.1. The zero-order valence-electron chi connectivity index (χ0n) is 32.8. The van der Waals surface area contributed by atoms with Crippen molar-refractivity contribution in [3.05, 3.63) is 162 Å². The van der Waals surface area contributed by atoms with Crippen molar-refractivity contribution in [1.82, 2.24) is 0 Å². The number of rotatable bonds is 5. The summed E-state index contributed by atoms with van der Waals surface area (Å²) in [7, 11) is 0. The van der Waals surface area contributed by atoms with Crippen molar-refractivity contribution in [3.8, 4) is 33.4 Å². The van der Waals surface area contributed by atoms with Gasteiger partial charge in [-0.25, -0.2) is 0 Å². The molecular weight excluding hydrogens is 663 g/mol. The minimum Gasteiger partial charge on any atom is -0.310 e. The molecule has 6 aliphatic rings. The molecule has 1 heteroatoms. The van der Waals surface area contributed by atoms with E-state index >= 15 is 0 Å². The summed E-state index contributed by atoms with van der Waals surface area (Å²) < 4.78 is 0. The van der Waals surface area contributed by atoms with Crippen molar-refractivity contribution in [1.29, 1.82) is 0 Å². The van der Waals surface area contributed by atoms with Gasteiger partial charge in [0.15, 0.2) is 0 Å². The summed E-state index contributed by atoms with van der Waals surface area (Å²) >= 11 is 0. The summed E-state index contributed by atoms with van der Waals surface area (Å²) in [4.78, 5) is 2.51. The van der Waals surface area contributed by atoms with Crippen LogP contribution in [-0.4, -0.2) is 0 Å². The van der Waals surface area contributed by atoms with Gasteiger partial charge in [-0.05, 0) is 159 Å². The first-order valence-corrected chi connectivity index (χ1v) is 21.2. The van der Waals surface area contributed by atoms with Crippen LogP contribution in [-0.2, 0) is 16.2 Å². The molecule has 2 spiro atoms. The van der Waals surface area contributed by atoms with Gasteiger partial charge in [-0.15, -0.1) is 0 Å². The first kappa shape index (κ1) is 32.4. The van der Waals surface area contributed by atoms with E-state index in [-0.39, 0.29) is 16.2 Å². The van der Waals surface area contributed by atoms with Crippen LogP contribution in [0.3, 0.4) is 0 Å². The number of anilines is 3. The van der Waals surface area contributed by atoms with Crippen molar-refractivity contribution in [2.45, 2.75) is 82.5 Å². The van der Waals surface area contributed by atoms with Gasteiger partial charge in [0, 0.05) is 22.4 Å². The quantitative estimate of drug-likeness (QED) is 0.172. The van der Waals surface area contributed by atoms with Gasteiger partial charge >= 0.3 is 0 Å². The van der Waals surface area contributed by atoms with Gasteiger partial charge in [0.1, 0.15) is 0 Å². The van der Waals surface area contributed by atoms with Crippen LogP contribution >= 0.6 is 0 Å². The molecule has 55 heavy (non-hydrogen) atoms. The predicted molar refractivity (Wildman–Crippen MR) is 228 cm³/mol. The Balaban J connectivity index is 1.00. The minimum atomic E-state index is 0.120. The highest BCUT2D eigenvalue weighted by molar-refractivity contribution is 5.95. The maximum atomic E-state index is 2.53. The molecule has 4 fully saturated rings. The Kier molecular flexibility index (Phi) is 6.42. The van der Waals surface area contributed by atoms with Gasteiger partial charge in [0.25, 0.3) is 0 Å². The van der Waals surface area contributed by atoms with Crippen LogP contribution in [0.2, 0.25) is 0 Å². The number of benzene rings is 6. The number of para-hydroxylation sites is 1. The summed E-state index contributed by atoms with van der Waals surface area (Å²) in [6.45, 7) is 9.72. The van der Waals surface area contributed by atoms with Crippen molar-refractivity contribution in [2.24, 2.45) is 29.1 Å². The molecule has 6 atom stereocenters. The maximum Gasteiger partial charge on any atom is 0.0540 e. The second-order valence-corrected chi connectivity index (χ2v) is 19.6. The number of nitrogens with zero attached hydrogens (tertiary/aromatic N) is 1. The van der Waals surface area contributed by atoms with Crippen molar-refractivity contribution >= 4 is 17.1 Å². The Hall–Kier alpha value is -4.88. The number of hydrogen-bond acceptors (Lipinski definition) is 1. The zero-order chi connectivity index (χ0) is 36.9. The fourth-order valence-corrected chi connectivity index (χ4v) is 14.1. The third-order valence-corrected chi connectivity index (χ3v) is 16.4. The molecule has 0 heterocycles. The van der Waals surface area contributed by atoms with Crippen LogP contribution in [0.1, 0.15) is 88.5 Å². The molecule has 6 unspecified atom stereocenters. The van der Waals surface area contributed by atoms with Gasteiger partial charge in [-0.2, -0.15) is 0 Å². The van der Waals surface area contributed by atoms with Gasteiger partial charge in [0.2, 0.25) is 0 Å². The van der Waals surface area contributed by atoms with Gasteiger partial charge in [0.05, 0.1) is 5.69 Å². The normalized spacial score (nSPS) is 29.1. The highest BCUT2D eigenvalue weighted by Gasteiger charge is 2.84. The van der Waals surface area contributed by atoms with Crippen molar-refractivity contribution < 1.29 is 0 Å². The average Bonchev–Trinajstić information content (AvgIpc) is 3.85. The third-order valence-electron chi connectivity index (χ3n) is 16.4. The Morgan fingerprint density at radius 3 is 1.93 bits per heavy atom. The van der Waals surface area contributed by atoms with Crippen LogP contribution in [0.4, 0.5) is 17.1 Å². The van der Waals surface area contributed by atoms with Gasteiger partial charge in [-0.3, -0.25) is 0 Å². The molecule has 6 aromatic rings. The first-order valence-electron chi connectivity index (χ1n) is 21.2. The van der Waals surface area contributed by atoms with E-state index in [1.807, 2.05) is 0 Å². The third kappa shape index (κ3) is 4.05. The molecule has 4 saturated carbocycles. The molecule has 272 valence electrons. The average molecular weight is 714 g/mol. The first-order chi connectivity index (χ1) is 26.7. The lowest BCUT2D eigenvalue weighted by Gasteiger charge is -2.76. The summed E-state index contributed by atoms with van der Waals surface area (Å²) in [5, 5.41) is 0. The molecule has 6 aromatic carbocycles. The van der Waals surface area contributed by atoms with E-state index < -0.39 is 0 Å². The lowest BCUT2D eigenvalue weighted by atomic mass is 9.27. The van der Waals surface area contributed by atoms with E-state index in [1.165, 1.54) is 100 Å². The summed E-state index contributed by atoms with van der Waals surface area (Å²) in [5.74, 6) is 3.62. The molecule has 0 N–H and O–H groups in total.